The van der Waals surface area contributed by atoms with Crippen molar-refractivity contribution < 1.29 is 4.79 Å². The first-order chi connectivity index (χ1) is 3.81. The Balaban J connectivity index is 3.50. The molecule has 0 bridgehead atoms. The van der Waals surface area contributed by atoms with Gasteiger partial charge in [-0.2, -0.15) is 0 Å². The lowest BCUT2D eigenvalue weighted by Gasteiger charge is -1.97. The second kappa shape index (κ2) is 4.05. The lowest BCUT2D eigenvalue weighted by atomic mass is 10.6. The average molecular weight is 112 g/mol. The van der Waals surface area contributed by atoms with Crippen molar-refractivity contribution in [2.75, 3.05) is 7.05 Å². The molecule has 0 radical (unpaired) electrons. The quantitative estimate of drug-likeness (QED) is 0.412. The van der Waals surface area contributed by atoms with Crippen LogP contribution in [0.5, 0.6) is 0 Å². The van der Waals surface area contributed by atoms with Crippen LogP contribution in [0.2, 0.25) is 0 Å². The van der Waals surface area contributed by atoms with Gasteiger partial charge in [0.15, 0.2) is 0 Å². The van der Waals surface area contributed by atoms with Crippen LogP contribution in [0.3, 0.4) is 0 Å². The summed E-state index contributed by atoms with van der Waals surface area (Å²) in [5.74, 6) is 0. The number of nitrogens with zero attached hydrogens (tertiary/aromatic N) is 1. The number of rotatable bonds is 3. The predicted octanol–water partition coefficient (Wildman–Crippen LogP) is 0.238. The van der Waals surface area contributed by atoms with Crippen molar-refractivity contribution >= 4 is 12.6 Å². The molecule has 0 rings (SSSR count). The largest absolute Gasteiger partial charge is 0.325 e. The molecule has 0 aliphatic rings. The van der Waals surface area contributed by atoms with Gasteiger partial charge in [0, 0.05) is 19.5 Å². The van der Waals surface area contributed by atoms with Crippen LogP contribution in [0.25, 0.3) is 0 Å². The summed E-state index contributed by atoms with van der Waals surface area (Å²) in [5.41, 5.74) is 0. The first kappa shape index (κ1) is 6.88. The van der Waals surface area contributed by atoms with Gasteiger partial charge in [0.25, 0.3) is 0 Å². The van der Waals surface area contributed by atoms with Crippen LogP contribution in [0.4, 0.5) is 0 Å². The van der Waals surface area contributed by atoms with E-state index in [9.17, 15) is 4.79 Å². The fourth-order valence-corrected chi connectivity index (χ4v) is 0.214. The van der Waals surface area contributed by atoms with Crippen molar-refractivity contribution in [3.63, 3.8) is 0 Å². The Kier molecular flexibility index (Phi) is 3.48. The summed E-state index contributed by atoms with van der Waals surface area (Å²) in [6.45, 7) is 0. The van der Waals surface area contributed by atoms with Gasteiger partial charge in [-0.15, -0.1) is 0 Å². The minimum atomic E-state index is 0.667. The lowest BCUT2D eigenvalue weighted by Crippen LogP contribution is -2.05. The number of carbonyl (C=O) groups is 1. The van der Waals surface area contributed by atoms with Crippen LogP contribution in [0.1, 0.15) is 0 Å². The molecule has 0 saturated heterocycles. The standard InChI is InChI=1S/C5H8N2O/c1-7(5-8)4-2-3-6/h2-6H,1H3/b4-2-,6-3?. The third-order valence-corrected chi connectivity index (χ3v) is 0.584. The molecule has 8 heavy (non-hydrogen) atoms. The molecule has 3 nitrogen and oxygen atoms in total. The maximum absolute atomic E-state index is 9.81. The molecule has 0 fully saturated rings. The van der Waals surface area contributed by atoms with Crippen LogP contribution in [-0.4, -0.2) is 24.6 Å². The summed E-state index contributed by atoms with van der Waals surface area (Å²) >= 11 is 0. The van der Waals surface area contributed by atoms with E-state index in [1.165, 1.54) is 17.2 Å². The summed E-state index contributed by atoms with van der Waals surface area (Å²) in [6, 6.07) is 0. The zero-order valence-corrected chi connectivity index (χ0v) is 4.66. The summed E-state index contributed by atoms with van der Waals surface area (Å²) in [5, 5.41) is 6.52. The summed E-state index contributed by atoms with van der Waals surface area (Å²) in [7, 11) is 1.60. The number of allylic oxidation sites excluding steroid dienone is 1. The van der Waals surface area contributed by atoms with Gasteiger partial charge in [0.2, 0.25) is 6.41 Å². The van der Waals surface area contributed by atoms with E-state index < -0.39 is 0 Å². The van der Waals surface area contributed by atoms with Gasteiger partial charge >= 0.3 is 0 Å². The molecule has 3 heteroatoms. The summed E-state index contributed by atoms with van der Waals surface area (Å²) in [6.07, 6.45) is 4.74. The molecule has 0 spiro atoms. The zero-order valence-electron chi connectivity index (χ0n) is 4.66. The molecule has 0 saturated carbocycles. The van der Waals surface area contributed by atoms with E-state index in [1.54, 1.807) is 7.05 Å². The predicted molar refractivity (Wildman–Crippen MR) is 31.8 cm³/mol. The fourth-order valence-electron chi connectivity index (χ4n) is 0.214. The van der Waals surface area contributed by atoms with Crippen molar-refractivity contribution in [1.29, 1.82) is 5.41 Å². The van der Waals surface area contributed by atoms with Crippen molar-refractivity contribution in [3.8, 4) is 0 Å². The van der Waals surface area contributed by atoms with E-state index in [2.05, 4.69) is 0 Å². The monoisotopic (exact) mass is 112 g/mol. The molecule has 0 aromatic rings. The Hall–Kier alpha value is -1.12. The van der Waals surface area contributed by atoms with E-state index >= 15 is 0 Å². The minimum absolute atomic E-state index is 0.667. The topological polar surface area (TPSA) is 44.2 Å². The Morgan fingerprint density at radius 1 is 1.62 bits per heavy atom. The Bertz CT molecular complexity index is 109. The molecule has 0 aromatic heterocycles. The normalized spacial score (nSPS) is 9.12. The van der Waals surface area contributed by atoms with Gasteiger partial charge in [-0.05, 0) is 6.08 Å². The molecule has 0 heterocycles. The molecule has 0 aliphatic heterocycles. The van der Waals surface area contributed by atoms with Gasteiger partial charge in [-0.25, -0.2) is 0 Å². The van der Waals surface area contributed by atoms with Crippen molar-refractivity contribution in [3.05, 3.63) is 12.3 Å². The van der Waals surface area contributed by atoms with Crippen molar-refractivity contribution in [2.24, 2.45) is 0 Å². The molecule has 1 N–H and O–H groups in total. The molecule has 0 unspecified atom stereocenters. The molecule has 0 atom stereocenters. The van der Waals surface area contributed by atoms with Crippen LogP contribution in [0.15, 0.2) is 12.3 Å². The van der Waals surface area contributed by atoms with Crippen LogP contribution in [0, 0.1) is 5.41 Å². The molecular formula is C5H8N2O. The van der Waals surface area contributed by atoms with Gasteiger partial charge in [0.1, 0.15) is 0 Å². The number of nitrogens with one attached hydrogen (secondary N) is 1. The summed E-state index contributed by atoms with van der Waals surface area (Å²) < 4.78 is 0. The third-order valence-electron chi connectivity index (χ3n) is 0.584. The number of hydrogen-bond acceptors (Lipinski definition) is 2. The highest BCUT2D eigenvalue weighted by Crippen LogP contribution is 1.73. The van der Waals surface area contributed by atoms with Gasteiger partial charge in [-0.1, -0.05) is 0 Å². The smallest absolute Gasteiger partial charge is 0.213 e. The fraction of sp³-hybridized carbons (Fsp3) is 0.200. The number of amides is 1. The maximum Gasteiger partial charge on any atom is 0.213 e. The lowest BCUT2D eigenvalue weighted by molar-refractivity contribution is -0.114. The van der Waals surface area contributed by atoms with E-state index in [4.69, 9.17) is 5.41 Å². The second-order valence-corrected chi connectivity index (χ2v) is 1.28. The molecule has 0 aliphatic carbocycles. The van der Waals surface area contributed by atoms with Gasteiger partial charge in [0.05, 0.1) is 0 Å². The highest BCUT2D eigenvalue weighted by atomic mass is 16.1. The summed E-state index contributed by atoms with van der Waals surface area (Å²) in [4.78, 5) is 11.1. The molecule has 44 valence electrons. The number of carbonyl (C=O) groups excluding carboxylic acids is 1. The van der Waals surface area contributed by atoms with Crippen molar-refractivity contribution in [2.45, 2.75) is 0 Å². The number of hydrogen-bond donors (Lipinski definition) is 1. The SMILES string of the molecule is CN(C=O)/C=C\C=N. The van der Waals surface area contributed by atoms with Crippen LogP contribution < -0.4 is 0 Å². The average Bonchev–Trinajstić information content (AvgIpc) is 1.83. The highest BCUT2D eigenvalue weighted by molar-refractivity contribution is 5.68. The molecule has 0 aromatic carbocycles. The third kappa shape index (κ3) is 3.08. The maximum atomic E-state index is 9.81. The molecule has 1 amide bonds. The van der Waals surface area contributed by atoms with E-state index in [-0.39, 0.29) is 0 Å². The van der Waals surface area contributed by atoms with E-state index in [0.29, 0.717) is 6.41 Å². The zero-order chi connectivity index (χ0) is 6.41. The minimum Gasteiger partial charge on any atom is -0.325 e. The van der Waals surface area contributed by atoms with Crippen LogP contribution >= 0.6 is 0 Å². The van der Waals surface area contributed by atoms with Crippen LogP contribution in [-0.2, 0) is 4.79 Å². The molecular weight excluding hydrogens is 104 g/mol. The first-order valence-electron chi connectivity index (χ1n) is 2.15. The second-order valence-electron chi connectivity index (χ2n) is 1.28. The van der Waals surface area contributed by atoms with Gasteiger partial charge < -0.3 is 10.3 Å². The Labute approximate surface area is 48.1 Å². The highest BCUT2D eigenvalue weighted by Gasteiger charge is 1.77. The first-order valence-corrected chi connectivity index (χ1v) is 2.15. The van der Waals surface area contributed by atoms with E-state index in [1.807, 2.05) is 0 Å². The Morgan fingerprint density at radius 2 is 2.25 bits per heavy atom. The Morgan fingerprint density at radius 3 is 2.62 bits per heavy atom. The van der Waals surface area contributed by atoms with E-state index in [0.717, 1.165) is 6.21 Å². The van der Waals surface area contributed by atoms with Gasteiger partial charge in [-0.3, -0.25) is 4.79 Å². The van der Waals surface area contributed by atoms with Crippen molar-refractivity contribution in [1.82, 2.24) is 4.90 Å².